The van der Waals surface area contributed by atoms with E-state index >= 15 is 0 Å². The zero-order valence-electron chi connectivity index (χ0n) is 13.5. The van der Waals surface area contributed by atoms with Gasteiger partial charge < -0.3 is 10.6 Å². The van der Waals surface area contributed by atoms with Crippen LogP contribution in [-0.2, 0) is 4.79 Å². The third kappa shape index (κ3) is 4.66. The van der Waals surface area contributed by atoms with E-state index in [0.29, 0.717) is 6.54 Å². The minimum absolute atomic E-state index is 0.00131. The van der Waals surface area contributed by atoms with Crippen molar-refractivity contribution in [2.45, 2.75) is 39.3 Å². The Labute approximate surface area is 130 Å². The Bertz CT molecular complexity index is 598. The zero-order valence-corrected chi connectivity index (χ0v) is 13.5. The standard InChI is InChI=1S/C16H23N5O/c1-12(17-11-15(22)19-16(2,3)4)13-5-7-14(8-6-13)21-10-9-18-20-21/h5-10,12,17H,11H2,1-4H3,(H,19,22). The van der Waals surface area contributed by atoms with Crippen LogP contribution in [0.3, 0.4) is 0 Å². The van der Waals surface area contributed by atoms with E-state index in [1.54, 1.807) is 17.1 Å². The summed E-state index contributed by atoms with van der Waals surface area (Å²) in [5.41, 5.74) is 1.87. The first-order chi connectivity index (χ1) is 10.3. The highest BCUT2D eigenvalue weighted by Crippen LogP contribution is 2.14. The normalized spacial score (nSPS) is 12.9. The lowest BCUT2D eigenvalue weighted by atomic mass is 10.1. The number of hydrogen-bond acceptors (Lipinski definition) is 4. The number of nitrogens with one attached hydrogen (secondary N) is 2. The number of nitrogens with zero attached hydrogens (tertiary/aromatic N) is 3. The monoisotopic (exact) mass is 301 g/mol. The molecule has 0 fully saturated rings. The quantitative estimate of drug-likeness (QED) is 0.884. The van der Waals surface area contributed by atoms with Gasteiger partial charge in [0.05, 0.1) is 24.6 Å². The van der Waals surface area contributed by atoms with Crippen molar-refractivity contribution >= 4 is 5.91 Å². The first kappa shape index (κ1) is 16.2. The molecule has 1 aromatic heterocycles. The van der Waals surface area contributed by atoms with Crippen molar-refractivity contribution in [3.8, 4) is 5.69 Å². The number of benzene rings is 1. The van der Waals surface area contributed by atoms with E-state index in [9.17, 15) is 4.79 Å². The van der Waals surface area contributed by atoms with Gasteiger partial charge in [-0.05, 0) is 45.4 Å². The predicted molar refractivity (Wildman–Crippen MR) is 85.7 cm³/mol. The average molecular weight is 301 g/mol. The number of hydrogen-bond donors (Lipinski definition) is 2. The van der Waals surface area contributed by atoms with Gasteiger partial charge in [0.15, 0.2) is 0 Å². The highest BCUT2D eigenvalue weighted by molar-refractivity contribution is 5.78. The van der Waals surface area contributed by atoms with Crippen LogP contribution < -0.4 is 10.6 Å². The molecule has 0 aliphatic carbocycles. The van der Waals surface area contributed by atoms with Crippen LogP contribution in [0.1, 0.15) is 39.3 Å². The lowest BCUT2D eigenvalue weighted by molar-refractivity contribution is -0.121. The van der Waals surface area contributed by atoms with Crippen molar-refractivity contribution in [1.82, 2.24) is 25.6 Å². The summed E-state index contributed by atoms with van der Waals surface area (Å²) in [6, 6.07) is 8.11. The summed E-state index contributed by atoms with van der Waals surface area (Å²) in [5.74, 6) is -0.00131. The lowest BCUT2D eigenvalue weighted by Gasteiger charge is -2.21. The van der Waals surface area contributed by atoms with Gasteiger partial charge in [0.25, 0.3) is 0 Å². The van der Waals surface area contributed by atoms with Gasteiger partial charge in [0.1, 0.15) is 0 Å². The summed E-state index contributed by atoms with van der Waals surface area (Å²) in [4.78, 5) is 11.8. The third-order valence-electron chi connectivity index (χ3n) is 3.16. The molecule has 0 aliphatic rings. The smallest absolute Gasteiger partial charge is 0.234 e. The molecule has 2 aromatic rings. The third-order valence-corrected chi connectivity index (χ3v) is 3.16. The Morgan fingerprint density at radius 2 is 1.95 bits per heavy atom. The molecule has 0 radical (unpaired) electrons. The molecule has 1 atom stereocenters. The van der Waals surface area contributed by atoms with Gasteiger partial charge in [-0.3, -0.25) is 4.79 Å². The summed E-state index contributed by atoms with van der Waals surface area (Å²) in [7, 11) is 0. The van der Waals surface area contributed by atoms with E-state index in [0.717, 1.165) is 11.3 Å². The minimum Gasteiger partial charge on any atom is -0.350 e. The van der Waals surface area contributed by atoms with E-state index in [1.165, 1.54) is 0 Å². The van der Waals surface area contributed by atoms with Crippen LogP contribution in [0.2, 0.25) is 0 Å². The van der Waals surface area contributed by atoms with Crippen molar-refractivity contribution in [2.75, 3.05) is 6.54 Å². The lowest BCUT2D eigenvalue weighted by Crippen LogP contribution is -2.45. The maximum Gasteiger partial charge on any atom is 0.234 e. The average Bonchev–Trinajstić information content (AvgIpc) is 2.97. The summed E-state index contributed by atoms with van der Waals surface area (Å²) >= 11 is 0. The molecule has 0 saturated heterocycles. The van der Waals surface area contributed by atoms with Gasteiger partial charge in [0.2, 0.25) is 5.91 Å². The van der Waals surface area contributed by atoms with Gasteiger partial charge in [-0.2, -0.15) is 0 Å². The van der Waals surface area contributed by atoms with Gasteiger partial charge >= 0.3 is 0 Å². The van der Waals surface area contributed by atoms with Gasteiger partial charge in [0, 0.05) is 11.6 Å². The molecular weight excluding hydrogens is 278 g/mol. The molecule has 2 N–H and O–H groups in total. The summed E-state index contributed by atoms with van der Waals surface area (Å²) in [6.45, 7) is 8.24. The Hall–Kier alpha value is -2.21. The predicted octanol–water partition coefficient (Wildman–Crippen LogP) is 1.83. The number of aromatic nitrogens is 3. The van der Waals surface area contributed by atoms with E-state index in [4.69, 9.17) is 0 Å². The van der Waals surface area contributed by atoms with Crippen LogP contribution in [0.25, 0.3) is 5.69 Å². The van der Waals surface area contributed by atoms with Crippen LogP contribution >= 0.6 is 0 Å². The fourth-order valence-corrected chi connectivity index (χ4v) is 2.09. The Morgan fingerprint density at radius 3 is 2.50 bits per heavy atom. The van der Waals surface area contributed by atoms with Crippen LogP contribution in [0.15, 0.2) is 36.7 Å². The van der Waals surface area contributed by atoms with Crippen LogP contribution in [-0.4, -0.2) is 33.0 Å². The van der Waals surface area contributed by atoms with E-state index in [1.807, 2.05) is 52.0 Å². The SMILES string of the molecule is CC(NCC(=O)NC(C)(C)C)c1ccc(-n2ccnn2)cc1. The Morgan fingerprint density at radius 1 is 1.27 bits per heavy atom. The molecule has 118 valence electrons. The highest BCUT2D eigenvalue weighted by atomic mass is 16.2. The minimum atomic E-state index is -0.207. The second-order valence-electron chi connectivity index (χ2n) is 6.34. The molecule has 6 heteroatoms. The summed E-state index contributed by atoms with van der Waals surface area (Å²) in [5, 5.41) is 13.9. The zero-order chi connectivity index (χ0) is 16.2. The van der Waals surface area contributed by atoms with E-state index in [-0.39, 0.29) is 17.5 Å². The van der Waals surface area contributed by atoms with E-state index in [2.05, 4.69) is 20.9 Å². The number of carbonyl (C=O) groups is 1. The molecule has 0 bridgehead atoms. The van der Waals surface area contributed by atoms with Gasteiger partial charge in [-0.25, -0.2) is 4.68 Å². The fourth-order valence-electron chi connectivity index (χ4n) is 2.09. The van der Waals surface area contributed by atoms with Crippen molar-refractivity contribution in [2.24, 2.45) is 0 Å². The largest absolute Gasteiger partial charge is 0.350 e. The molecule has 0 saturated carbocycles. The van der Waals surface area contributed by atoms with Gasteiger partial charge in [-0.1, -0.05) is 17.3 Å². The van der Waals surface area contributed by atoms with Crippen molar-refractivity contribution in [3.05, 3.63) is 42.2 Å². The maximum absolute atomic E-state index is 11.8. The van der Waals surface area contributed by atoms with Gasteiger partial charge in [-0.15, -0.1) is 5.10 Å². The molecule has 2 rings (SSSR count). The molecule has 6 nitrogen and oxygen atoms in total. The fraction of sp³-hybridized carbons (Fsp3) is 0.438. The van der Waals surface area contributed by atoms with E-state index < -0.39 is 0 Å². The molecule has 1 heterocycles. The number of rotatable bonds is 5. The van der Waals surface area contributed by atoms with Crippen molar-refractivity contribution in [3.63, 3.8) is 0 Å². The summed E-state index contributed by atoms with van der Waals surface area (Å²) in [6.07, 6.45) is 3.44. The Kier molecular flexibility index (Phi) is 4.92. The molecule has 22 heavy (non-hydrogen) atoms. The first-order valence-electron chi connectivity index (χ1n) is 7.36. The van der Waals surface area contributed by atoms with Crippen molar-refractivity contribution in [1.29, 1.82) is 0 Å². The van der Waals surface area contributed by atoms with Crippen LogP contribution in [0, 0.1) is 0 Å². The maximum atomic E-state index is 11.8. The second kappa shape index (κ2) is 6.70. The highest BCUT2D eigenvalue weighted by Gasteiger charge is 2.14. The number of amides is 1. The first-order valence-corrected chi connectivity index (χ1v) is 7.36. The van der Waals surface area contributed by atoms with Crippen LogP contribution in [0.5, 0.6) is 0 Å². The topological polar surface area (TPSA) is 71.8 Å². The molecule has 0 aliphatic heterocycles. The second-order valence-corrected chi connectivity index (χ2v) is 6.34. The molecule has 1 unspecified atom stereocenters. The molecular formula is C16H23N5O. The Balaban J connectivity index is 1.90. The van der Waals surface area contributed by atoms with Crippen LogP contribution in [0.4, 0.5) is 0 Å². The number of carbonyl (C=O) groups excluding carboxylic acids is 1. The molecule has 0 spiro atoms. The molecule has 1 amide bonds. The molecule has 1 aromatic carbocycles. The summed E-state index contributed by atoms with van der Waals surface area (Å²) < 4.78 is 1.71. The van der Waals surface area contributed by atoms with Crippen molar-refractivity contribution < 1.29 is 4.79 Å².